The summed E-state index contributed by atoms with van der Waals surface area (Å²) >= 11 is 0. The van der Waals surface area contributed by atoms with Gasteiger partial charge in [-0.2, -0.15) is 0 Å². The topological polar surface area (TPSA) is 120 Å². The Hall–Kier alpha value is -1.70. The Bertz CT molecular complexity index is 1300. The number of carbonyl (C=O) groups is 2. The molecule has 0 radical (unpaired) electrons. The molecule has 1 N–H and O–H groups in total. The van der Waals surface area contributed by atoms with Crippen LogP contribution in [0.25, 0.3) is 0 Å². The van der Waals surface area contributed by atoms with E-state index in [2.05, 4.69) is 38.2 Å². The highest BCUT2D eigenvalue weighted by Gasteiger charge is 2.53. The van der Waals surface area contributed by atoms with Crippen molar-refractivity contribution in [2.24, 2.45) is 35.5 Å². The van der Waals surface area contributed by atoms with Gasteiger partial charge in [0.1, 0.15) is 24.4 Å². The zero-order valence-electron chi connectivity index (χ0n) is 32.9. The number of Topliss-reactive ketones (excluding diaryl/α,β-unsaturated/α-hetero) is 1. The normalized spacial score (nSPS) is 45.8. The Morgan fingerprint density at radius 2 is 1.58 bits per heavy atom. The van der Waals surface area contributed by atoms with Gasteiger partial charge in [0.05, 0.1) is 30.8 Å². The molecule has 17 unspecified atom stereocenters. The van der Waals surface area contributed by atoms with Crippen LogP contribution >= 0.6 is 0 Å². The van der Waals surface area contributed by atoms with E-state index in [4.69, 9.17) is 37.9 Å². The average Bonchev–Trinajstić information content (AvgIpc) is 3.71. The van der Waals surface area contributed by atoms with Crippen molar-refractivity contribution < 1.29 is 47.5 Å². The van der Waals surface area contributed by atoms with Crippen molar-refractivity contribution in [3.05, 3.63) is 23.3 Å². The Morgan fingerprint density at radius 1 is 0.827 bits per heavy atom. The van der Waals surface area contributed by atoms with Crippen LogP contribution in [0.15, 0.2) is 23.3 Å². The average molecular weight is 732 g/mol. The highest BCUT2D eigenvalue weighted by Crippen LogP contribution is 2.56. The summed E-state index contributed by atoms with van der Waals surface area (Å²) in [5.74, 6) is 0.00809. The molecule has 0 aromatic carbocycles. The van der Waals surface area contributed by atoms with Gasteiger partial charge in [0.15, 0.2) is 18.4 Å². The zero-order valence-corrected chi connectivity index (χ0v) is 32.9. The molecule has 0 spiro atoms. The van der Waals surface area contributed by atoms with Gasteiger partial charge < -0.3 is 43.2 Å². The maximum atomic E-state index is 14.7. The first-order valence-corrected chi connectivity index (χ1v) is 20.0. The number of hydrogen-bond donors (Lipinski definition) is 1. The van der Waals surface area contributed by atoms with Crippen LogP contribution in [0.5, 0.6) is 0 Å². The zero-order chi connectivity index (χ0) is 37.3. The summed E-state index contributed by atoms with van der Waals surface area (Å²) in [6, 6.07) is 0.286. The van der Waals surface area contributed by atoms with Crippen LogP contribution in [-0.4, -0.2) is 108 Å². The largest absolute Gasteiger partial charge is 0.462 e. The molecule has 17 atom stereocenters. The fraction of sp³-hybridized carbons (Fsp3) is 0.854. The molecule has 6 aliphatic rings. The summed E-state index contributed by atoms with van der Waals surface area (Å²) in [4.78, 5) is 28.2. The number of rotatable bonds is 9. The molecule has 4 fully saturated rings. The van der Waals surface area contributed by atoms with E-state index in [1.54, 1.807) is 21.3 Å². The SMILES string of the molecule is CCC1CCCC(OC2CCC(NC)C(C)O2)C(C)C(=O)C2=CC3C(C=C(C)C4CC(OC5OC(C)C(OC)C(OC)C5OC)CC43)C2CC(=O)O1. The maximum absolute atomic E-state index is 14.7. The predicted octanol–water partition coefficient (Wildman–Crippen LogP) is 5.54. The molecule has 1 saturated carbocycles. The molecule has 52 heavy (non-hydrogen) atoms. The lowest BCUT2D eigenvalue weighted by Crippen LogP contribution is -2.59. The molecule has 6 rings (SSSR count). The van der Waals surface area contributed by atoms with Crippen molar-refractivity contribution in [2.75, 3.05) is 28.4 Å². The van der Waals surface area contributed by atoms with Gasteiger partial charge in [-0.3, -0.25) is 9.59 Å². The molecule has 11 nitrogen and oxygen atoms in total. The Labute approximate surface area is 311 Å². The predicted molar refractivity (Wildman–Crippen MR) is 194 cm³/mol. The van der Waals surface area contributed by atoms with Crippen LogP contribution in [0, 0.1) is 35.5 Å². The number of ether oxygens (including phenoxy) is 8. The second-order valence-corrected chi connectivity index (χ2v) is 16.3. The van der Waals surface area contributed by atoms with Crippen LogP contribution in [0.1, 0.15) is 92.4 Å². The lowest BCUT2D eigenvalue weighted by atomic mass is 9.67. The number of hydrogen-bond acceptors (Lipinski definition) is 11. The Kier molecular flexibility index (Phi) is 13.4. The number of allylic oxidation sites excluding steroid dienone is 4. The third kappa shape index (κ3) is 8.13. The van der Waals surface area contributed by atoms with Crippen LogP contribution in [0.2, 0.25) is 0 Å². The summed E-state index contributed by atoms with van der Waals surface area (Å²) in [6.07, 6.45) is 8.51. The van der Waals surface area contributed by atoms with Gasteiger partial charge in [-0.25, -0.2) is 0 Å². The van der Waals surface area contributed by atoms with Gasteiger partial charge in [0.25, 0.3) is 0 Å². The van der Waals surface area contributed by atoms with E-state index in [0.717, 1.165) is 50.5 Å². The van der Waals surface area contributed by atoms with Crippen molar-refractivity contribution >= 4 is 11.8 Å². The molecule has 0 aromatic rings. The summed E-state index contributed by atoms with van der Waals surface area (Å²) in [5, 5.41) is 3.34. The molecular formula is C41H65NO10. The van der Waals surface area contributed by atoms with Crippen LogP contribution in [0.4, 0.5) is 0 Å². The van der Waals surface area contributed by atoms with E-state index in [1.165, 1.54) is 5.57 Å². The van der Waals surface area contributed by atoms with E-state index < -0.39 is 12.4 Å². The van der Waals surface area contributed by atoms with E-state index in [9.17, 15) is 9.59 Å². The van der Waals surface area contributed by atoms with Crippen LogP contribution in [-0.2, 0) is 47.5 Å². The number of ketones is 1. The van der Waals surface area contributed by atoms with Gasteiger partial charge in [0.2, 0.25) is 0 Å². The van der Waals surface area contributed by atoms with Crippen molar-refractivity contribution in [3.8, 4) is 0 Å². The van der Waals surface area contributed by atoms with E-state index >= 15 is 0 Å². The molecule has 3 saturated heterocycles. The van der Waals surface area contributed by atoms with Crippen molar-refractivity contribution in [3.63, 3.8) is 0 Å². The monoisotopic (exact) mass is 731 g/mol. The molecular weight excluding hydrogens is 666 g/mol. The van der Waals surface area contributed by atoms with E-state index in [1.807, 2.05) is 20.9 Å². The van der Waals surface area contributed by atoms with Crippen molar-refractivity contribution in [1.82, 2.24) is 5.32 Å². The molecule has 0 aromatic heterocycles. The number of likely N-dealkylation sites (N-methyl/N-ethyl adjacent to an activating group) is 1. The number of fused-ring (bicyclic) bond motifs is 5. The van der Waals surface area contributed by atoms with Gasteiger partial charge in [-0.1, -0.05) is 31.6 Å². The van der Waals surface area contributed by atoms with E-state index in [0.29, 0.717) is 12.3 Å². The fourth-order valence-electron chi connectivity index (χ4n) is 10.5. The van der Waals surface area contributed by atoms with Crippen molar-refractivity contribution in [2.45, 2.75) is 160 Å². The molecule has 3 aliphatic heterocycles. The molecule has 0 amide bonds. The standard InChI is InChI=1S/C41H65NO10/c1-10-25-12-11-13-34(52-36-15-14-33(42-6)23(4)48-36)22(3)37(44)32-19-30-28(31(32)20-35(43)50-25)16-21(2)27-17-26(18-29(27)30)51-41-40(47-9)39(46-8)38(45-7)24(5)49-41/h16,19,22-31,33-34,36,38-42H,10-15,17-18,20H2,1-9H3. The third-order valence-electron chi connectivity index (χ3n) is 13.4. The second-order valence-electron chi connectivity index (χ2n) is 16.3. The van der Waals surface area contributed by atoms with Crippen molar-refractivity contribution in [1.29, 1.82) is 0 Å². The summed E-state index contributed by atoms with van der Waals surface area (Å²) in [6.45, 7) is 10.3. The maximum Gasteiger partial charge on any atom is 0.306 e. The minimum Gasteiger partial charge on any atom is -0.462 e. The number of cyclic esters (lactones) is 1. The minimum absolute atomic E-state index is 0.0225. The first kappa shape index (κ1) is 40.0. The number of nitrogens with one attached hydrogen (secondary N) is 1. The number of methoxy groups -OCH3 is 3. The Morgan fingerprint density at radius 3 is 2.25 bits per heavy atom. The fourth-order valence-corrected chi connectivity index (χ4v) is 10.5. The molecule has 11 heteroatoms. The van der Waals surface area contributed by atoms with Gasteiger partial charge >= 0.3 is 5.97 Å². The quantitative estimate of drug-likeness (QED) is 0.238. The van der Waals surface area contributed by atoms with Gasteiger partial charge in [-0.05, 0) is 108 Å². The lowest BCUT2D eigenvalue weighted by Gasteiger charge is -2.44. The molecule has 3 heterocycles. The molecule has 0 bridgehead atoms. The van der Waals surface area contributed by atoms with Crippen LogP contribution < -0.4 is 5.32 Å². The molecule has 3 aliphatic carbocycles. The number of esters is 1. The highest BCUT2D eigenvalue weighted by molar-refractivity contribution is 5.99. The first-order valence-electron chi connectivity index (χ1n) is 20.0. The van der Waals surface area contributed by atoms with E-state index in [-0.39, 0.29) is 103 Å². The first-order chi connectivity index (χ1) is 25.0. The highest BCUT2D eigenvalue weighted by atomic mass is 16.7. The minimum atomic E-state index is -0.598. The summed E-state index contributed by atoms with van der Waals surface area (Å²) < 4.78 is 49.6. The van der Waals surface area contributed by atoms with Gasteiger partial charge in [0, 0.05) is 39.2 Å². The van der Waals surface area contributed by atoms with Crippen LogP contribution in [0.3, 0.4) is 0 Å². The third-order valence-corrected chi connectivity index (χ3v) is 13.4. The van der Waals surface area contributed by atoms with Gasteiger partial charge in [-0.15, -0.1) is 0 Å². The smallest absolute Gasteiger partial charge is 0.306 e. The lowest BCUT2D eigenvalue weighted by molar-refractivity contribution is -0.314. The second kappa shape index (κ2) is 17.4. The molecule has 294 valence electrons. The summed E-state index contributed by atoms with van der Waals surface area (Å²) in [7, 11) is 6.95. The number of carbonyl (C=O) groups excluding carboxylic acids is 2. The Balaban J connectivity index is 1.23. The summed E-state index contributed by atoms with van der Waals surface area (Å²) in [5.41, 5.74) is 2.07.